The Morgan fingerprint density at radius 3 is 2.39 bits per heavy atom. The molecule has 2 atom stereocenters. The van der Waals surface area contributed by atoms with Crippen molar-refractivity contribution in [2.75, 3.05) is 4.90 Å². The molecule has 33 heavy (non-hydrogen) atoms. The van der Waals surface area contributed by atoms with Crippen molar-refractivity contribution in [3.8, 4) is 5.75 Å². The van der Waals surface area contributed by atoms with Gasteiger partial charge in [0.1, 0.15) is 16.7 Å². The molecular weight excluding hydrogens is 491 g/mol. The molecule has 1 aliphatic heterocycles. The van der Waals surface area contributed by atoms with Crippen molar-refractivity contribution >= 4 is 56.7 Å². The van der Waals surface area contributed by atoms with Crippen LogP contribution in [0.4, 0.5) is 5.69 Å². The Hall–Kier alpha value is -2.46. The number of carbonyl (C=O) groups excluding carboxylic acids is 3. The number of rotatable bonds is 7. The van der Waals surface area contributed by atoms with E-state index in [4.69, 9.17) is 27.9 Å². The topological polar surface area (TPSA) is 101 Å². The molecule has 1 heterocycles. The molecule has 176 valence electrons. The molecule has 3 rings (SSSR count). The van der Waals surface area contributed by atoms with Crippen LogP contribution in [0.5, 0.6) is 5.75 Å². The molecule has 1 saturated heterocycles. The van der Waals surface area contributed by atoms with Crippen LogP contribution in [-0.4, -0.2) is 42.6 Å². The maximum absolute atomic E-state index is 13.6. The fourth-order valence-corrected chi connectivity index (χ4v) is 6.18. The molecule has 2 aromatic rings. The zero-order valence-corrected chi connectivity index (χ0v) is 20.4. The fourth-order valence-electron chi connectivity index (χ4n) is 3.60. The first-order valence-corrected chi connectivity index (χ1v) is 12.3. The second-order valence-electron chi connectivity index (χ2n) is 7.54. The van der Waals surface area contributed by atoms with E-state index in [2.05, 4.69) is 0 Å². The largest absolute Gasteiger partial charge is 0.427 e. The highest BCUT2D eigenvalue weighted by Gasteiger charge is 2.48. The van der Waals surface area contributed by atoms with Crippen LogP contribution in [0.15, 0.2) is 47.4 Å². The molecule has 1 aliphatic rings. The van der Waals surface area contributed by atoms with Crippen LogP contribution in [0.3, 0.4) is 0 Å². The van der Waals surface area contributed by atoms with E-state index in [1.54, 1.807) is 13.8 Å². The number of benzene rings is 2. The molecule has 8 nitrogen and oxygen atoms in total. The summed E-state index contributed by atoms with van der Waals surface area (Å²) in [6.45, 7) is 4.69. The zero-order valence-electron chi connectivity index (χ0n) is 18.1. The van der Waals surface area contributed by atoms with Crippen molar-refractivity contribution in [3.05, 3.63) is 52.5 Å². The van der Waals surface area contributed by atoms with Crippen molar-refractivity contribution in [1.29, 1.82) is 0 Å². The summed E-state index contributed by atoms with van der Waals surface area (Å²) in [7, 11) is -4.27. The SMILES string of the molecule is CCC(C)N(C1CC(=O)N(c2ccc(OC(C)=O)cc2)C1=O)S(=O)(=O)c1cc(Cl)ccc1Cl. The van der Waals surface area contributed by atoms with E-state index in [1.165, 1.54) is 49.4 Å². The number of anilines is 1. The second kappa shape index (κ2) is 9.80. The molecule has 1 fully saturated rings. The van der Waals surface area contributed by atoms with Gasteiger partial charge in [-0.25, -0.2) is 13.3 Å². The van der Waals surface area contributed by atoms with Crippen molar-refractivity contribution in [2.24, 2.45) is 0 Å². The highest BCUT2D eigenvalue weighted by molar-refractivity contribution is 7.89. The van der Waals surface area contributed by atoms with Crippen LogP contribution < -0.4 is 9.64 Å². The van der Waals surface area contributed by atoms with E-state index in [0.29, 0.717) is 6.42 Å². The Labute approximate surface area is 202 Å². The molecule has 0 N–H and O–H groups in total. The number of imide groups is 1. The van der Waals surface area contributed by atoms with E-state index in [1.807, 2.05) is 0 Å². The summed E-state index contributed by atoms with van der Waals surface area (Å²) in [5.74, 6) is -1.49. The van der Waals surface area contributed by atoms with Crippen molar-refractivity contribution in [1.82, 2.24) is 4.31 Å². The third kappa shape index (κ3) is 5.06. The van der Waals surface area contributed by atoms with Crippen molar-refractivity contribution < 1.29 is 27.5 Å². The minimum atomic E-state index is -4.27. The third-order valence-corrected chi connectivity index (χ3v) is 8.00. The van der Waals surface area contributed by atoms with Crippen LogP contribution in [0, 0.1) is 0 Å². The molecule has 0 aromatic heterocycles. The molecule has 0 spiro atoms. The summed E-state index contributed by atoms with van der Waals surface area (Å²) in [6.07, 6.45) is 0.0682. The van der Waals surface area contributed by atoms with Gasteiger partial charge in [0.25, 0.3) is 5.91 Å². The Balaban J connectivity index is 2.00. The predicted octanol–water partition coefficient (Wildman–Crippen LogP) is 4.04. The number of sulfonamides is 1. The molecule has 2 aromatic carbocycles. The van der Waals surface area contributed by atoms with Crippen molar-refractivity contribution in [3.63, 3.8) is 0 Å². The monoisotopic (exact) mass is 512 g/mol. The number of esters is 1. The number of ether oxygens (including phenoxy) is 1. The molecule has 0 radical (unpaired) electrons. The zero-order chi connectivity index (χ0) is 24.5. The second-order valence-corrected chi connectivity index (χ2v) is 10.2. The molecule has 0 bridgehead atoms. The first kappa shape index (κ1) is 25.2. The number of carbonyl (C=O) groups is 3. The normalized spacial score (nSPS) is 17.5. The molecule has 2 unspecified atom stereocenters. The number of nitrogens with zero attached hydrogens (tertiary/aromatic N) is 2. The van der Waals surface area contributed by atoms with Gasteiger partial charge in [0, 0.05) is 18.0 Å². The molecule has 2 amide bonds. The lowest BCUT2D eigenvalue weighted by atomic mass is 10.2. The van der Waals surface area contributed by atoms with Gasteiger partial charge in [0.05, 0.1) is 17.1 Å². The van der Waals surface area contributed by atoms with E-state index in [-0.39, 0.29) is 32.8 Å². The molecular formula is C22H22Cl2N2O6S. The van der Waals surface area contributed by atoms with Crippen LogP contribution in [0.25, 0.3) is 0 Å². The number of hydrogen-bond acceptors (Lipinski definition) is 6. The number of hydrogen-bond donors (Lipinski definition) is 0. The van der Waals surface area contributed by atoms with E-state index in [9.17, 15) is 22.8 Å². The lowest BCUT2D eigenvalue weighted by Gasteiger charge is -2.32. The van der Waals surface area contributed by atoms with Crippen LogP contribution in [-0.2, 0) is 24.4 Å². The average Bonchev–Trinajstić information content (AvgIpc) is 3.03. The summed E-state index contributed by atoms with van der Waals surface area (Å²) in [5, 5.41) is 0.132. The van der Waals surface area contributed by atoms with Gasteiger partial charge < -0.3 is 4.74 Å². The van der Waals surface area contributed by atoms with E-state index < -0.39 is 39.9 Å². The summed E-state index contributed by atoms with van der Waals surface area (Å²) in [6, 6.07) is 7.99. The number of amides is 2. The van der Waals surface area contributed by atoms with Crippen LogP contribution in [0.2, 0.25) is 10.0 Å². The lowest BCUT2D eigenvalue weighted by molar-refractivity contribution is -0.132. The predicted molar refractivity (Wildman–Crippen MR) is 124 cm³/mol. The standard InChI is InChI=1S/C22H22Cl2N2O6S/c1-4-13(2)26(33(30,31)20-11-15(23)5-10-18(20)24)19-12-21(28)25(22(19)29)16-6-8-17(9-7-16)32-14(3)27/h5-11,13,19H,4,12H2,1-3H3. The fraction of sp³-hybridized carbons (Fsp3) is 0.318. The summed E-state index contributed by atoms with van der Waals surface area (Å²) in [5.41, 5.74) is 0.241. The maximum atomic E-state index is 13.6. The Morgan fingerprint density at radius 2 is 1.82 bits per heavy atom. The van der Waals surface area contributed by atoms with Gasteiger partial charge in [-0.2, -0.15) is 4.31 Å². The smallest absolute Gasteiger partial charge is 0.308 e. The first-order valence-electron chi connectivity index (χ1n) is 10.1. The average molecular weight is 513 g/mol. The van der Waals surface area contributed by atoms with Gasteiger partial charge in [0.2, 0.25) is 15.9 Å². The Morgan fingerprint density at radius 1 is 1.18 bits per heavy atom. The summed E-state index contributed by atoms with van der Waals surface area (Å²) < 4.78 is 33.2. The molecule has 0 aliphatic carbocycles. The Bertz CT molecular complexity index is 1200. The summed E-state index contributed by atoms with van der Waals surface area (Å²) in [4.78, 5) is 37.9. The minimum absolute atomic E-state index is 0.0395. The van der Waals surface area contributed by atoms with E-state index >= 15 is 0 Å². The van der Waals surface area contributed by atoms with Gasteiger partial charge in [0.15, 0.2) is 0 Å². The van der Waals surface area contributed by atoms with Gasteiger partial charge in [-0.15, -0.1) is 0 Å². The summed E-state index contributed by atoms with van der Waals surface area (Å²) >= 11 is 12.2. The molecule has 11 heteroatoms. The van der Waals surface area contributed by atoms with E-state index in [0.717, 1.165) is 9.21 Å². The van der Waals surface area contributed by atoms with Gasteiger partial charge in [-0.1, -0.05) is 30.1 Å². The van der Waals surface area contributed by atoms with Crippen molar-refractivity contribution in [2.45, 2.75) is 50.6 Å². The number of halogens is 2. The van der Waals surface area contributed by atoms with Gasteiger partial charge in [-0.3, -0.25) is 14.4 Å². The quantitative estimate of drug-likeness (QED) is 0.315. The van der Waals surface area contributed by atoms with Crippen LogP contribution >= 0.6 is 23.2 Å². The Kier molecular flexibility index (Phi) is 7.48. The third-order valence-electron chi connectivity index (χ3n) is 5.26. The van der Waals surface area contributed by atoms with Gasteiger partial charge in [-0.05, 0) is 55.8 Å². The lowest BCUT2D eigenvalue weighted by Crippen LogP contribution is -2.49. The minimum Gasteiger partial charge on any atom is -0.427 e. The highest BCUT2D eigenvalue weighted by Crippen LogP contribution is 2.35. The first-order chi connectivity index (χ1) is 15.5. The highest BCUT2D eigenvalue weighted by atomic mass is 35.5. The van der Waals surface area contributed by atoms with Gasteiger partial charge >= 0.3 is 5.97 Å². The van der Waals surface area contributed by atoms with Crippen LogP contribution in [0.1, 0.15) is 33.6 Å². The molecule has 0 saturated carbocycles. The maximum Gasteiger partial charge on any atom is 0.308 e.